The smallest absolute Gasteiger partial charge is 0.260 e. The van der Waals surface area contributed by atoms with Gasteiger partial charge in [0.05, 0.1) is 12.8 Å². The van der Waals surface area contributed by atoms with Crippen LogP contribution in [0.1, 0.15) is 17.0 Å². The summed E-state index contributed by atoms with van der Waals surface area (Å²) in [6.07, 6.45) is 0. The van der Waals surface area contributed by atoms with E-state index < -0.39 is 0 Å². The lowest BCUT2D eigenvalue weighted by atomic mass is 10.2. The Balaban J connectivity index is 0.00000261. The summed E-state index contributed by atoms with van der Waals surface area (Å²) in [6, 6.07) is 7.34. The molecule has 1 saturated heterocycles. The van der Waals surface area contributed by atoms with Crippen LogP contribution in [0.2, 0.25) is 0 Å². The molecule has 1 aliphatic heterocycles. The van der Waals surface area contributed by atoms with E-state index in [0.29, 0.717) is 24.6 Å². The maximum absolute atomic E-state index is 12.4. The molecule has 0 radical (unpaired) electrons. The van der Waals surface area contributed by atoms with E-state index in [1.807, 2.05) is 36.9 Å². The van der Waals surface area contributed by atoms with Gasteiger partial charge in [-0.05, 0) is 26.0 Å². The zero-order chi connectivity index (χ0) is 18.5. The number of methoxy groups -OCH3 is 1. The second kappa shape index (κ2) is 9.62. The summed E-state index contributed by atoms with van der Waals surface area (Å²) in [5.41, 5.74) is 2.08. The molecule has 1 aromatic heterocycles. The van der Waals surface area contributed by atoms with E-state index in [4.69, 9.17) is 14.0 Å². The van der Waals surface area contributed by atoms with Gasteiger partial charge in [0.25, 0.3) is 5.91 Å². The fourth-order valence-corrected chi connectivity index (χ4v) is 3.08. The molecule has 1 fully saturated rings. The van der Waals surface area contributed by atoms with Gasteiger partial charge in [0.15, 0.2) is 18.1 Å². The van der Waals surface area contributed by atoms with E-state index in [1.165, 1.54) is 0 Å². The van der Waals surface area contributed by atoms with Crippen molar-refractivity contribution in [1.29, 1.82) is 0 Å². The first-order valence-corrected chi connectivity index (χ1v) is 8.76. The molecule has 0 N–H and O–H groups in total. The first-order chi connectivity index (χ1) is 12.6. The number of aromatic nitrogens is 1. The molecule has 27 heavy (non-hydrogen) atoms. The summed E-state index contributed by atoms with van der Waals surface area (Å²) in [5, 5.41) is 4.00. The van der Waals surface area contributed by atoms with Crippen molar-refractivity contribution in [2.75, 3.05) is 39.9 Å². The number of piperazine rings is 1. The number of halogens is 1. The number of para-hydroxylation sites is 2. The summed E-state index contributed by atoms with van der Waals surface area (Å²) in [6.45, 7) is 7.75. The van der Waals surface area contributed by atoms with Crippen LogP contribution in [-0.2, 0) is 11.3 Å². The number of carbonyl (C=O) groups excluding carboxylic acids is 1. The van der Waals surface area contributed by atoms with Gasteiger partial charge in [0.1, 0.15) is 5.76 Å². The van der Waals surface area contributed by atoms with Crippen molar-refractivity contribution >= 4 is 18.3 Å². The maximum atomic E-state index is 12.4. The molecule has 148 valence electrons. The minimum atomic E-state index is -0.00658. The number of rotatable bonds is 6. The molecular weight excluding hydrogens is 370 g/mol. The van der Waals surface area contributed by atoms with Gasteiger partial charge in [-0.15, -0.1) is 12.4 Å². The van der Waals surface area contributed by atoms with Gasteiger partial charge >= 0.3 is 0 Å². The molecule has 0 unspecified atom stereocenters. The molecule has 1 aromatic carbocycles. The van der Waals surface area contributed by atoms with Gasteiger partial charge in [-0.2, -0.15) is 0 Å². The highest BCUT2D eigenvalue weighted by molar-refractivity contribution is 5.85. The van der Waals surface area contributed by atoms with E-state index in [1.54, 1.807) is 13.2 Å². The van der Waals surface area contributed by atoms with E-state index in [9.17, 15) is 4.79 Å². The second-order valence-electron chi connectivity index (χ2n) is 6.40. The SMILES string of the molecule is COc1ccccc1OCC(=O)N1CCN(Cc2c(C)noc2C)CC1.Cl. The second-order valence-corrected chi connectivity index (χ2v) is 6.40. The quantitative estimate of drug-likeness (QED) is 0.748. The van der Waals surface area contributed by atoms with Crippen molar-refractivity contribution in [3.8, 4) is 11.5 Å². The third-order valence-corrected chi connectivity index (χ3v) is 4.71. The molecule has 0 bridgehead atoms. The molecule has 3 rings (SSSR count). The highest BCUT2D eigenvalue weighted by atomic mass is 35.5. The Morgan fingerprint density at radius 2 is 1.81 bits per heavy atom. The van der Waals surface area contributed by atoms with E-state index >= 15 is 0 Å². The normalized spacial score (nSPS) is 14.6. The molecule has 0 saturated carbocycles. The third kappa shape index (κ3) is 5.14. The molecule has 1 amide bonds. The van der Waals surface area contributed by atoms with Gasteiger partial charge in [-0.25, -0.2) is 0 Å². The number of amides is 1. The maximum Gasteiger partial charge on any atom is 0.260 e. The Kier molecular flexibility index (Phi) is 7.50. The number of nitrogens with zero attached hydrogens (tertiary/aromatic N) is 3. The number of carbonyl (C=O) groups is 1. The minimum absolute atomic E-state index is 0. The lowest BCUT2D eigenvalue weighted by Gasteiger charge is -2.34. The summed E-state index contributed by atoms with van der Waals surface area (Å²) in [5.74, 6) is 2.07. The molecule has 0 aliphatic carbocycles. The number of benzene rings is 1. The predicted octanol–water partition coefficient (Wildman–Crippen LogP) is 2.45. The molecule has 0 spiro atoms. The molecular formula is C19H26ClN3O4. The Bertz CT molecular complexity index is 738. The standard InChI is InChI=1S/C19H25N3O4.ClH/c1-14-16(15(2)26-20-14)12-21-8-10-22(11-9-21)19(23)13-25-18-7-5-4-6-17(18)24-3;/h4-7H,8-13H2,1-3H3;1H. The molecule has 0 atom stereocenters. The molecule has 8 heteroatoms. The summed E-state index contributed by atoms with van der Waals surface area (Å²) >= 11 is 0. The number of ether oxygens (including phenoxy) is 2. The van der Waals surface area contributed by atoms with Crippen LogP contribution >= 0.6 is 12.4 Å². The van der Waals surface area contributed by atoms with Crippen LogP contribution in [0.25, 0.3) is 0 Å². The number of aryl methyl sites for hydroxylation is 2. The van der Waals surface area contributed by atoms with E-state index in [-0.39, 0.29) is 24.9 Å². The van der Waals surface area contributed by atoms with Crippen LogP contribution in [-0.4, -0.2) is 60.8 Å². The van der Waals surface area contributed by atoms with Crippen molar-refractivity contribution in [2.24, 2.45) is 0 Å². The van der Waals surface area contributed by atoms with Gasteiger partial charge in [-0.3, -0.25) is 9.69 Å². The van der Waals surface area contributed by atoms with Crippen molar-refractivity contribution in [2.45, 2.75) is 20.4 Å². The number of hydrogen-bond acceptors (Lipinski definition) is 6. The highest BCUT2D eigenvalue weighted by Gasteiger charge is 2.23. The van der Waals surface area contributed by atoms with Crippen molar-refractivity contribution in [3.05, 3.63) is 41.3 Å². The van der Waals surface area contributed by atoms with E-state index in [0.717, 1.165) is 36.7 Å². The fraction of sp³-hybridized carbons (Fsp3) is 0.474. The zero-order valence-corrected chi connectivity index (χ0v) is 16.8. The summed E-state index contributed by atoms with van der Waals surface area (Å²) in [4.78, 5) is 16.6. The van der Waals surface area contributed by atoms with E-state index in [2.05, 4.69) is 10.1 Å². The first-order valence-electron chi connectivity index (χ1n) is 8.76. The largest absolute Gasteiger partial charge is 0.493 e. The Hall–Kier alpha value is -2.25. The molecule has 1 aliphatic rings. The van der Waals surface area contributed by atoms with Crippen LogP contribution in [0, 0.1) is 13.8 Å². The minimum Gasteiger partial charge on any atom is -0.493 e. The third-order valence-electron chi connectivity index (χ3n) is 4.71. The van der Waals surface area contributed by atoms with Crippen LogP contribution < -0.4 is 9.47 Å². The number of hydrogen-bond donors (Lipinski definition) is 0. The average molecular weight is 396 g/mol. The topological polar surface area (TPSA) is 68.0 Å². The lowest BCUT2D eigenvalue weighted by Crippen LogP contribution is -2.49. The van der Waals surface area contributed by atoms with Gasteiger partial charge in [-0.1, -0.05) is 17.3 Å². The van der Waals surface area contributed by atoms with Crippen molar-refractivity contribution in [3.63, 3.8) is 0 Å². The van der Waals surface area contributed by atoms with Crippen LogP contribution in [0.4, 0.5) is 0 Å². The predicted molar refractivity (Wildman–Crippen MR) is 104 cm³/mol. The average Bonchev–Trinajstić information content (AvgIpc) is 2.99. The molecule has 2 aromatic rings. The first kappa shape index (κ1) is 21.1. The van der Waals surface area contributed by atoms with Crippen LogP contribution in [0.5, 0.6) is 11.5 Å². The zero-order valence-electron chi connectivity index (χ0n) is 15.9. The molecule has 7 nitrogen and oxygen atoms in total. The van der Waals surface area contributed by atoms with Gasteiger partial charge in [0, 0.05) is 38.3 Å². The summed E-state index contributed by atoms with van der Waals surface area (Å²) < 4.78 is 16.1. The lowest BCUT2D eigenvalue weighted by molar-refractivity contribution is -0.135. The van der Waals surface area contributed by atoms with Crippen molar-refractivity contribution in [1.82, 2.24) is 15.0 Å². The Morgan fingerprint density at radius 3 is 2.41 bits per heavy atom. The van der Waals surface area contributed by atoms with Crippen molar-refractivity contribution < 1.29 is 18.8 Å². The molecule has 2 heterocycles. The Morgan fingerprint density at radius 1 is 1.15 bits per heavy atom. The highest BCUT2D eigenvalue weighted by Crippen LogP contribution is 2.25. The van der Waals surface area contributed by atoms with Crippen LogP contribution in [0.3, 0.4) is 0 Å². The van der Waals surface area contributed by atoms with Gasteiger partial charge in [0.2, 0.25) is 0 Å². The van der Waals surface area contributed by atoms with Gasteiger partial charge < -0.3 is 18.9 Å². The summed E-state index contributed by atoms with van der Waals surface area (Å²) in [7, 11) is 1.59. The monoisotopic (exact) mass is 395 g/mol. The fourth-order valence-electron chi connectivity index (χ4n) is 3.08. The van der Waals surface area contributed by atoms with Crippen LogP contribution in [0.15, 0.2) is 28.8 Å². The Labute approximate surface area is 165 Å².